The molecule has 136 valence electrons. The molecule has 0 aromatic heterocycles. The lowest BCUT2D eigenvalue weighted by atomic mass is 9.67. The maximum absolute atomic E-state index is 12.2. The van der Waals surface area contributed by atoms with Gasteiger partial charge in [-0.1, -0.05) is 6.07 Å². The van der Waals surface area contributed by atoms with E-state index in [1.165, 1.54) is 0 Å². The van der Waals surface area contributed by atoms with Crippen LogP contribution in [0.3, 0.4) is 0 Å². The number of ether oxygens (including phenoxy) is 3. The van der Waals surface area contributed by atoms with Crippen molar-refractivity contribution in [2.75, 3.05) is 20.8 Å². The van der Waals surface area contributed by atoms with E-state index in [0.717, 1.165) is 16.7 Å². The van der Waals surface area contributed by atoms with Gasteiger partial charge in [0, 0.05) is 11.8 Å². The molecule has 0 bridgehead atoms. The Morgan fingerprint density at radius 2 is 1.77 bits per heavy atom. The Morgan fingerprint density at radius 3 is 2.50 bits per heavy atom. The van der Waals surface area contributed by atoms with Crippen molar-refractivity contribution in [2.24, 2.45) is 11.8 Å². The van der Waals surface area contributed by atoms with Gasteiger partial charge >= 0.3 is 5.97 Å². The molecule has 3 atom stereocenters. The fourth-order valence-corrected chi connectivity index (χ4v) is 4.18. The van der Waals surface area contributed by atoms with Crippen LogP contribution in [0.2, 0.25) is 0 Å². The predicted molar refractivity (Wildman–Crippen MR) is 92.8 cm³/mol. The van der Waals surface area contributed by atoms with E-state index in [4.69, 9.17) is 14.2 Å². The van der Waals surface area contributed by atoms with E-state index >= 15 is 0 Å². The highest BCUT2D eigenvalue weighted by Gasteiger charge is 2.47. The van der Waals surface area contributed by atoms with Crippen LogP contribution in [0.25, 0.3) is 0 Å². The summed E-state index contributed by atoms with van der Waals surface area (Å²) < 4.78 is 16.1. The molecule has 26 heavy (non-hydrogen) atoms. The fraction of sp³-hybridized carbons (Fsp3) is 0.350. The number of aromatic hydroxyl groups is 2. The summed E-state index contributed by atoms with van der Waals surface area (Å²) in [6.45, 7) is 0.337. The number of phenols is 2. The first kappa shape index (κ1) is 16.6. The number of benzene rings is 2. The molecule has 4 rings (SSSR count). The molecule has 6 heteroatoms. The van der Waals surface area contributed by atoms with Crippen molar-refractivity contribution in [1.82, 2.24) is 0 Å². The summed E-state index contributed by atoms with van der Waals surface area (Å²) in [6, 6.07) is 8.79. The Morgan fingerprint density at radius 1 is 1.04 bits per heavy atom. The summed E-state index contributed by atoms with van der Waals surface area (Å²) in [7, 11) is 3.15. The van der Waals surface area contributed by atoms with Crippen molar-refractivity contribution in [2.45, 2.75) is 12.3 Å². The number of carbonyl (C=O) groups excluding carboxylic acids is 1. The molecule has 2 N–H and O–H groups in total. The van der Waals surface area contributed by atoms with Crippen LogP contribution in [0.4, 0.5) is 0 Å². The van der Waals surface area contributed by atoms with Gasteiger partial charge in [0.05, 0.1) is 26.7 Å². The smallest absolute Gasteiger partial charge is 0.309 e. The Kier molecular flexibility index (Phi) is 3.90. The number of carbonyl (C=O) groups is 1. The third-order valence-corrected chi connectivity index (χ3v) is 5.44. The van der Waals surface area contributed by atoms with Gasteiger partial charge in [-0.25, -0.2) is 0 Å². The highest BCUT2D eigenvalue weighted by molar-refractivity contribution is 5.77. The van der Waals surface area contributed by atoms with Crippen LogP contribution in [0.5, 0.6) is 23.0 Å². The van der Waals surface area contributed by atoms with Gasteiger partial charge in [-0.2, -0.15) is 0 Å². The van der Waals surface area contributed by atoms with E-state index in [2.05, 4.69) is 0 Å². The van der Waals surface area contributed by atoms with Crippen LogP contribution in [-0.2, 0) is 16.0 Å². The molecule has 1 aliphatic carbocycles. The summed E-state index contributed by atoms with van der Waals surface area (Å²) in [5, 5.41) is 19.9. The van der Waals surface area contributed by atoms with E-state index in [9.17, 15) is 15.0 Å². The van der Waals surface area contributed by atoms with Crippen LogP contribution in [0.1, 0.15) is 22.6 Å². The zero-order valence-electron chi connectivity index (χ0n) is 14.6. The van der Waals surface area contributed by atoms with Crippen LogP contribution in [0, 0.1) is 11.8 Å². The molecule has 1 fully saturated rings. The van der Waals surface area contributed by atoms with Crippen molar-refractivity contribution in [3.8, 4) is 23.0 Å². The maximum atomic E-state index is 12.2. The van der Waals surface area contributed by atoms with Crippen molar-refractivity contribution in [3.05, 3.63) is 47.0 Å². The highest BCUT2D eigenvalue weighted by Crippen LogP contribution is 2.50. The van der Waals surface area contributed by atoms with Gasteiger partial charge in [-0.15, -0.1) is 0 Å². The minimum atomic E-state index is -0.260. The second kappa shape index (κ2) is 6.12. The second-order valence-electron chi connectivity index (χ2n) is 6.74. The molecular formula is C20H20O6. The van der Waals surface area contributed by atoms with E-state index in [-0.39, 0.29) is 35.2 Å². The normalized spacial score (nSPS) is 23.8. The summed E-state index contributed by atoms with van der Waals surface area (Å²) in [6.07, 6.45) is 0.496. The molecule has 2 aliphatic rings. The number of phenolic OH excluding ortho intramolecular Hbond substituents is 2. The van der Waals surface area contributed by atoms with Gasteiger partial charge < -0.3 is 24.4 Å². The minimum Gasteiger partial charge on any atom is -0.504 e. The Labute approximate surface area is 150 Å². The SMILES string of the molecule is COc1ccc([C@H]2c3cc(O)c(O)cc3C[C@@H]3C(=O)OC[C@H]23)cc1OC. The molecule has 2 aromatic rings. The quantitative estimate of drug-likeness (QED) is 0.649. The zero-order valence-corrected chi connectivity index (χ0v) is 14.6. The van der Waals surface area contributed by atoms with Gasteiger partial charge in [-0.3, -0.25) is 4.79 Å². The number of hydrogen-bond acceptors (Lipinski definition) is 6. The van der Waals surface area contributed by atoms with Crippen molar-refractivity contribution in [1.29, 1.82) is 0 Å². The fourth-order valence-electron chi connectivity index (χ4n) is 4.18. The molecule has 1 saturated heterocycles. The van der Waals surface area contributed by atoms with Crippen LogP contribution in [-0.4, -0.2) is 37.0 Å². The molecule has 1 heterocycles. The highest BCUT2D eigenvalue weighted by atomic mass is 16.5. The molecule has 2 aromatic carbocycles. The number of rotatable bonds is 3. The Balaban J connectivity index is 1.88. The van der Waals surface area contributed by atoms with E-state index in [0.29, 0.717) is 24.5 Å². The number of methoxy groups -OCH3 is 2. The molecule has 0 unspecified atom stereocenters. The van der Waals surface area contributed by atoms with Crippen molar-refractivity contribution < 1.29 is 29.2 Å². The largest absolute Gasteiger partial charge is 0.504 e. The molecular weight excluding hydrogens is 336 g/mol. The lowest BCUT2D eigenvalue weighted by Gasteiger charge is -2.34. The van der Waals surface area contributed by atoms with Gasteiger partial charge in [0.1, 0.15) is 0 Å². The molecule has 0 spiro atoms. The molecule has 0 amide bonds. The average molecular weight is 356 g/mol. The molecule has 0 saturated carbocycles. The van der Waals surface area contributed by atoms with Gasteiger partial charge in [0.15, 0.2) is 23.0 Å². The molecule has 1 aliphatic heterocycles. The number of esters is 1. The van der Waals surface area contributed by atoms with Gasteiger partial charge in [0.2, 0.25) is 0 Å². The zero-order chi connectivity index (χ0) is 18.4. The van der Waals surface area contributed by atoms with E-state index in [1.807, 2.05) is 18.2 Å². The summed E-state index contributed by atoms with van der Waals surface area (Å²) in [4.78, 5) is 12.2. The van der Waals surface area contributed by atoms with Gasteiger partial charge in [-0.05, 0) is 47.4 Å². The maximum Gasteiger partial charge on any atom is 0.309 e. The monoisotopic (exact) mass is 356 g/mol. The summed E-state index contributed by atoms with van der Waals surface area (Å²) >= 11 is 0. The third kappa shape index (κ3) is 2.44. The Bertz CT molecular complexity index is 875. The third-order valence-electron chi connectivity index (χ3n) is 5.44. The lowest BCUT2D eigenvalue weighted by molar-refractivity contribution is -0.141. The number of fused-ring (bicyclic) bond motifs is 2. The van der Waals surface area contributed by atoms with Crippen LogP contribution in [0.15, 0.2) is 30.3 Å². The first-order chi connectivity index (χ1) is 12.5. The first-order valence-electron chi connectivity index (χ1n) is 8.46. The Hall–Kier alpha value is -2.89. The van der Waals surface area contributed by atoms with Crippen LogP contribution < -0.4 is 9.47 Å². The minimum absolute atomic E-state index is 0.0305. The molecule has 0 radical (unpaired) electrons. The van der Waals surface area contributed by atoms with E-state index in [1.54, 1.807) is 26.4 Å². The van der Waals surface area contributed by atoms with Crippen LogP contribution >= 0.6 is 0 Å². The molecule has 6 nitrogen and oxygen atoms in total. The second-order valence-corrected chi connectivity index (χ2v) is 6.74. The summed E-state index contributed by atoms with van der Waals surface area (Å²) in [5.74, 6) is 0.220. The average Bonchev–Trinajstić information content (AvgIpc) is 3.01. The lowest BCUT2D eigenvalue weighted by Crippen LogP contribution is -2.31. The van der Waals surface area contributed by atoms with Gasteiger partial charge in [0.25, 0.3) is 0 Å². The topological polar surface area (TPSA) is 85.2 Å². The first-order valence-corrected chi connectivity index (χ1v) is 8.46. The predicted octanol–water partition coefficient (Wildman–Crippen LogP) is 2.59. The van der Waals surface area contributed by atoms with Crippen molar-refractivity contribution >= 4 is 5.97 Å². The number of cyclic esters (lactones) is 1. The standard InChI is InChI=1S/C20H20O6/c1-24-17-4-3-10(7-18(17)25-2)19-12-8-16(22)15(21)6-11(12)5-13-14(19)9-26-20(13)23/h3-4,6-8,13-14,19,21-22H,5,9H2,1-2H3/t13-,14-,19-/m0/s1. The number of hydrogen-bond donors (Lipinski definition) is 2. The van der Waals surface area contributed by atoms with E-state index < -0.39 is 0 Å². The van der Waals surface area contributed by atoms with Crippen molar-refractivity contribution in [3.63, 3.8) is 0 Å². The summed E-state index contributed by atoms with van der Waals surface area (Å²) in [5.41, 5.74) is 2.69.